The molecule has 35 heavy (non-hydrogen) atoms. The first-order valence-corrected chi connectivity index (χ1v) is 11.4. The van der Waals surface area contributed by atoms with Gasteiger partial charge < -0.3 is 15.2 Å². The molecule has 9 nitrogen and oxygen atoms in total. The number of aromatic nitrogens is 5. The predicted molar refractivity (Wildman–Crippen MR) is 127 cm³/mol. The first-order chi connectivity index (χ1) is 16.8. The lowest BCUT2D eigenvalue weighted by molar-refractivity contribution is -0.129. The van der Waals surface area contributed by atoms with Crippen LogP contribution < -0.4 is 5.73 Å². The molecule has 0 spiro atoms. The number of carbonyl (C=O) groups is 1. The maximum absolute atomic E-state index is 13.3. The van der Waals surface area contributed by atoms with E-state index in [1.54, 1.807) is 37.2 Å². The fourth-order valence-corrected chi connectivity index (χ4v) is 4.29. The minimum atomic E-state index is -0.605. The molecule has 10 heteroatoms. The third-order valence-corrected chi connectivity index (χ3v) is 6.65. The van der Waals surface area contributed by atoms with E-state index in [2.05, 4.69) is 22.2 Å². The van der Waals surface area contributed by atoms with E-state index >= 15 is 0 Å². The zero-order valence-corrected chi connectivity index (χ0v) is 19.8. The highest BCUT2D eigenvalue weighted by atomic mass is 19.1. The van der Waals surface area contributed by atoms with E-state index in [0.717, 1.165) is 24.0 Å². The Kier molecular flexibility index (Phi) is 5.58. The quantitative estimate of drug-likeness (QED) is 0.407. The van der Waals surface area contributed by atoms with Crippen molar-refractivity contribution in [2.45, 2.75) is 31.7 Å². The summed E-state index contributed by atoms with van der Waals surface area (Å²) in [5.74, 6) is 0.830. The van der Waals surface area contributed by atoms with Crippen LogP contribution in [0.25, 0.3) is 22.6 Å². The molecule has 180 valence electrons. The van der Waals surface area contributed by atoms with Crippen LogP contribution in [0.15, 0.2) is 53.3 Å². The van der Waals surface area contributed by atoms with Gasteiger partial charge in [-0.3, -0.25) is 9.48 Å². The van der Waals surface area contributed by atoms with Crippen molar-refractivity contribution in [3.63, 3.8) is 0 Å². The number of nitrogens with zero attached hydrogens (tertiary/aromatic N) is 6. The van der Waals surface area contributed by atoms with Gasteiger partial charge in [-0.05, 0) is 48.9 Å². The Morgan fingerprint density at radius 3 is 2.57 bits per heavy atom. The van der Waals surface area contributed by atoms with Gasteiger partial charge in [0.15, 0.2) is 5.82 Å². The lowest BCUT2D eigenvalue weighted by atomic mass is 9.76. The summed E-state index contributed by atoms with van der Waals surface area (Å²) in [6.07, 6.45) is 5.48. The number of carbonyl (C=O) groups excluding carboxylic acids is 1. The highest BCUT2D eigenvalue weighted by Crippen LogP contribution is 2.50. The van der Waals surface area contributed by atoms with Gasteiger partial charge >= 0.3 is 0 Å². The number of halogens is 1. The molecule has 0 radical (unpaired) electrons. The number of likely N-dealkylation sites (N-methyl/N-ethyl adjacent to an activating group) is 1. The largest absolute Gasteiger partial charge is 0.383 e. The minimum Gasteiger partial charge on any atom is -0.383 e. The van der Waals surface area contributed by atoms with Crippen LogP contribution in [-0.4, -0.2) is 49.8 Å². The van der Waals surface area contributed by atoms with Crippen molar-refractivity contribution in [2.75, 3.05) is 19.8 Å². The van der Waals surface area contributed by atoms with Gasteiger partial charge in [-0.25, -0.2) is 4.98 Å². The van der Waals surface area contributed by atoms with Crippen molar-refractivity contribution in [2.24, 2.45) is 5.92 Å². The van der Waals surface area contributed by atoms with Gasteiger partial charge in [0.05, 0.1) is 17.2 Å². The van der Waals surface area contributed by atoms with Gasteiger partial charge in [-0.15, -0.1) is 0 Å². The highest BCUT2D eigenvalue weighted by molar-refractivity contribution is 5.75. The van der Waals surface area contributed by atoms with Crippen molar-refractivity contribution >= 4 is 11.7 Å². The number of benzene rings is 1. The Balaban J connectivity index is 1.42. The van der Waals surface area contributed by atoms with Crippen LogP contribution >= 0.6 is 0 Å². The molecule has 1 atom stereocenters. The number of pyridine rings is 1. The summed E-state index contributed by atoms with van der Waals surface area (Å²) >= 11 is 0. The molecule has 1 fully saturated rings. The fraction of sp³-hybridized carbons (Fsp3) is 0.320. The van der Waals surface area contributed by atoms with Gasteiger partial charge in [-0.2, -0.15) is 14.5 Å². The number of amides is 1. The number of hydrogen-bond donors (Lipinski definition) is 1. The average molecular weight is 476 g/mol. The second kappa shape index (κ2) is 8.61. The van der Waals surface area contributed by atoms with Gasteiger partial charge in [0, 0.05) is 25.9 Å². The van der Waals surface area contributed by atoms with Gasteiger partial charge in [-0.1, -0.05) is 29.4 Å². The Morgan fingerprint density at radius 2 is 1.91 bits per heavy atom. The van der Waals surface area contributed by atoms with Gasteiger partial charge in [0.25, 0.3) is 5.89 Å². The summed E-state index contributed by atoms with van der Waals surface area (Å²) in [5.41, 5.74) is 8.71. The molecule has 1 aromatic carbocycles. The molecule has 1 unspecified atom stereocenters. The lowest BCUT2D eigenvalue weighted by Gasteiger charge is -2.27. The highest BCUT2D eigenvalue weighted by Gasteiger charge is 2.47. The number of anilines is 1. The zero-order valence-electron chi connectivity index (χ0n) is 19.8. The maximum atomic E-state index is 13.3. The molecular formula is C25H26FN7O2. The Hall–Kier alpha value is -4.08. The second-order valence-corrected chi connectivity index (χ2v) is 9.26. The molecule has 4 aromatic rings. The van der Waals surface area contributed by atoms with Crippen molar-refractivity contribution in [1.29, 1.82) is 0 Å². The summed E-state index contributed by atoms with van der Waals surface area (Å²) in [7, 11) is 3.40. The zero-order chi connectivity index (χ0) is 24.7. The van der Waals surface area contributed by atoms with Crippen molar-refractivity contribution in [1.82, 2.24) is 29.8 Å². The Labute approximate surface area is 201 Å². The summed E-state index contributed by atoms with van der Waals surface area (Å²) in [6.45, 7) is 2.26. The molecule has 2 N–H and O–H groups in total. The predicted octanol–water partition coefficient (Wildman–Crippen LogP) is 3.52. The minimum absolute atomic E-state index is 0.0613. The van der Waals surface area contributed by atoms with Gasteiger partial charge in [0.2, 0.25) is 11.9 Å². The monoisotopic (exact) mass is 475 g/mol. The van der Waals surface area contributed by atoms with E-state index in [1.165, 1.54) is 11.0 Å². The van der Waals surface area contributed by atoms with E-state index in [9.17, 15) is 9.18 Å². The van der Waals surface area contributed by atoms with E-state index in [-0.39, 0.29) is 18.3 Å². The van der Waals surface area contributed by atoms with Crippen LogP contribution in [0.3, 0.4) is 0 Å². The molecule has 3 aromatic heterocycles. The second-order valence-electron chi connectivity index (χ2n) is 9.26. The van der Waals surface area contributed by atoms with Crippen LogP contribution in [0.2, 0.25) is 0 Å². The number of hydrogen-bond acceptors (Lipinski definition) is 7. The molecule has 1 amide bonds. The van der Waals surface area contributed by atoms with Crippen molar-refractivity contribution in [3.8, 4) is 22.6 Å². The van der Waals surface area contributed by atoms with Gasteiger partial charge in [0.1, 0.15) is 12.4 Å². The Morgan fingerprint density at radius 1 is 1.17 bits per heavy atom. The molecule has 0 bridgehead atoms. The first-order valence-electron chi connectivity index (χ1n) is 11.4. The fourth-order valence-electron chi connectivity index (χ4n) is 4.29. The molecule has 5 rings (SSSR count). The standard InChI is InChI=1S/C25H26FN7O2/c1-25(18-8-9-18,17-6-4-15(5-7-17)19-10-11-20(26)29-22(19)27)24-30-23(35-31-24)16-12-28-33(13-16)14-21(34)32(2)3/h4-7,10-13,18H,8-9,14H2,1-3H3,(H2,27,29). The lowest BCUT2D eigenvalue weighted by Crippen LogP contribution is -2.28. The van der Waals surface area contributed by atoms with E-state index in [0.29, 0.717) is 28.8 Å². The van der Waals surface area contributed by atoms with Crippen LogP contribution in [0, 0.1) is 11.9 Å². The average Bonchev–Trinajstić information content (AvgIpc) is 3.39. The van der Waals surface area contributed by atoms with Crippen LogP contribution in [0.5, 0.6) is 0 Å². The third kappa shape index (κ3) is 4.27. The molecule has 1 aliphatic rings. The summed E-state index contributed by atoms with van der Waals surface area (Å²) in [5, 5.41) is 8.58. The van der Waals surface area contributed by atoms with E-state index in [4.69, 9.17) is 15.2 Å². The molecular weight excluding hydrogens is 449 g/mol. The smallest absolute Gasteiger partial charge is 0.261 e. The molecule has 1 saturated carbocycles. The van der Waals surface area contributed by atoms with Crippen molar-refractivity contribution in [3.05, 3.63) is 66.1 Å². The SMILES string of the molecule is CN(C)C(=O)Cn1cc(-c2nc(C(C)(c3ccc(-c4ccc(F)nc4N)cc3)C3CC3)no2)cn1. The molecule has 1 aliphatic carbocycles. The van der Waals surface area contributed by atoms with E-state index in [1.807, 2.05) is 24.3 Å². The first kappa shape index (κ1) is 22.7. The third-order valence-electron chi connectivity index (χ3n) is 6.65. The van der Waals surface area contributed by atoms with Crippen molar-refractivity contribution < 1.29 is 13.7 Å². The maximum Gasteiger partial charge on any atom is 0.261 e. The number of nitrogens with two attached hydrogens (primary N) is 1. The summed E-state index contributed by atoms with van der Waals surface area (Å²) < 4.78 is 20.5. The van der Waals surface area contributed by atoms with E-state index < -0.39 is 11.4 Å². The normalized spacial score (nSPS) is 15.1. The Bertz CT molecular complexity index is 1370. The molecule has 3 heterocycles. The summed E-state index contributed by atoms with van der Waals surface area (Å²) in [6, 6.07) is 10.9. The van der Waals surface area contributed by atoms with Crippen LogP contribution in [0.1, 0.15) is 31.2 Å². The molecule has 0 saturated heterocycles. The number of rotatable bonds is 7. The van der Waals surface area contributed by atoms with Crippen LogP contribution in [0.4, 0.5) is 10.2 Å². The van der Waals surface area contributed by atoms with Crippen LogP contribution in [-0.2, 0) is 16.8 Å². The molecule has 0 aliphatic heterocycles. The summed E-state index contributed by atoms with van der Waals surface area (Å²) in [4.78, 5) is 21.9. The topological polar surface area (TPSA) is 116 Å². The number of nitrogen functional groups attached to an aromatic ring is 1.